The number of amides is 1. The molecule has 0 aromatic carbocycles. The first kappa shape index (κ1) is 10.0. The average Bonchev–Trinajstić information content (AvgIpc) is 2.55. The number of carbonyl (C=O) groups excluding carboxylic acids is 1. The number of aromatic nitrogens is 1. The van der Waals surface area contributed by atoms with Crippen LogP contribution in [0.1, 0.15) is 5.56 Å². The van der Waals surface area contributed by atoms with Crippen LogP contribution in [0.5, 0.6) is 0 Å². The highest BCUT2D eigenvalue weighted by molar-refractivity contribution is 5.67. The number of ether oxygens (including phenoxy) is 2. The Kier molecular flexibility index (Phi) is 2.91. The molecule has 1 aliphatic rings. The number of alkyl carbamates (subject to hydrolysis) is 1. The molecule has 5 nitrogen and oxygen atoms in total. The Morgan fingerprint density at radius 3 is 3.07 bits per heavy atom. The summed E-state index contributed by atoms with van der Waals surface area (Å²) in [5, 5.41) is 2.68. The summed E-state index contributed by atoms with van der Waals surface area (Å²) < 4.78 is 11.9. The van der Waals surface area contributed by atoms with Gasteiger partial charge in [0.2, 0.25) is 0 Å². The molecule has 1 aliphatic heterocycles. The fourth-order valence-electron chi connectivity index (χ4n) is 1.31. The highest BCUT2D eigenvalue weighted by Crippen LogP contribution is 2.05. The van der Waals surface area contributed by atoms with Crippen LogP contribution < -0.4 is 5.32 Å². The third kappa shape index (κ3) is 2.73. The van der Waals surface area contributed by atoms with Gasteiger partial charge in [-0.25, -0.2) is 4.79 Å². The summed E-state index contributed by atoms with van der Waals surface area (Å²) in [5.74, 6) is 0. The Labute approximate surface area is 88.0 Å². The maximum atomic E-state index is 11.2. The first-order chi connectivity index (χ1) is 7.24. The summed E-state index contributed by atoms with van der Waals surface area (Å²) in [6.45, 7) is 1.52. The van der Waals surface area contributed by atoms with E-state index in [2.05, 4.69) is 5.32 Å². The van der Waals surface area contributed by atoms with E-state index < -0.39 is 0 Å². The van der Waals surface area contributed by atoms with Crippen molar-refractivity contribution >= 4 is 6.09 Å². The highest BCUT2D eigenvalue weighted by atomic mass is 16.6. The third-order valence-corrected chi connectivity index (χ3v) is 2.21. The SMILES string of the molecule is Cn1ccc(CNC(=O)OC2COC2)c1. The zero-order chi connectivity index (χ0) is 10.7. The van der Waals surface area contributed by atoms with E-state index in [0.717, 1.165) is 5.56 Å². The molecule has 2 heterocycles. The summed E-state index contributed by atoms with van der Waals surface area (Å²) in [6, 6.07) is 1.95. The van der Waals surface area contributed by atoms with Gasteiger partial charge >= 0.3 is 6.09 Å². The van der Waals surface area contributed by atoms with E-state index in [4.69, 9.17) is 9.47 Å². The van der Waals surface area contributed by atoms with Gasteiger partial charge < -0.3 is 19.4 Å². The van der Waals surface area contributed by atoms with Crippen LogP contribution in [0.3, 0.4) is 0 Å². The van der Waals surface area contributed by atoms with Crippen molar-refractivity contribution in [3.63, 3.8) is 0 Å². The molecule has 1 aromatic rings. The number of aryl methyl sites for hydroxylation is 1. The highest BCUT2D eigenvalue weighted by Gasteiger charge is 2.22. The van der Waals surface area contributed by atoms with Crippen molar-refractivity contribution in [1.82, 2.24) is 9.88 Å². The zero-order valence-electron chi connectivity index (χ0n) is 8.60. The van der Waals surface area contributed by atoms with Crippen LogP contribution in [-0.4, -0.2) is 30.0 Å². The molecular weight excluding hydrogens is 196 g/mol. The second-order valence-corrected chi connectivity index (χ2v) is 3.60. The molecule has 5 heteroatoms. The number of nitrogens with zero attached hydrogens (tertiary/aromatic N) is 1. The molecule has 1 saturated heterocycles. The van der Waals surface area contributed by atoms with Crippen LogP contribution in [0.2, 0.25) is 0 Å². The fourth-order valence-corrected chi connectivity index (χ4v) is 1.31. The van der Waals surface area contributed by atoms with Crippen molar-refractivity contribution in [2.45, 2.75) is 12.6 Å². The molecule has 1 fully saturated rings. The molecule has 0 radical (unpaired) electrons. The number of nitrogens with one attached hydrogen (secondary N) is 1. The smallest absolute Gasteiger partial charge is 0.407 e. The Morgan fingerprint density at radius 2 is 2.53 bits per heavy atom. The summed E-state index contributed by atoms with van der Waals surface area (Å²) in [5.41, 5.74) is 1.05. The van der Waals surface area contributed by atoms with E-state index >= 15 is 0 Å². The van der Waals surface area contributed by atoms with Crippen molar-refractivity contribution in [3.8, 4) is 0 Å². The van der Waals surface area contributed by atoms with E-state index in [9.17, 15) is 4.79 Å². The molecule has 1 N–H and O–H groups in total. The quantitative estimate of drug-likeness (QED) is 0.797. The lowest BCUT2D eigenvalue weighted by Crippen LogP contribution is -2.40. The normalized spacial score (nSPS) is 15.8. The topological polar surface area (TPSA) is 52.5 Å². The Bertz CT molecular complexity index is 344. The molecular formula is C10H14N2O3. The van der Waals surface area contributed by atoms with Crippen molar-refractivity contribution < 1.29 is 14.3 Å². The van der Waals surface area contributed by atoms with Gasteiger partial charge in [0.05, 0.1) is 13.2 Å². The summed E-state index contributed by atoms with van der Waals surface area (Å²) in [7, 11) is 1.94. The third-order valence-electron chi connectivity index (χ3n) is 2.21. The molecule has 1 aromatic heterocycles. The molecule has 15 heavy (non-hydrogen) atoms. The van der Waals surface area contributed by atoms with Gasteiger partial charge in [-0.05, 0) is 11.6 Å². The molecule has 0 saturated carbocycles. The Hall–Kier alpha value is -1.49. The predicted octanol–water partition coefficient (Wildman–Crippen LogP) is 0.650. The minimum absolute atomic E-state index is 0.0687. The van der Waals surface area contributed by atoms with E-state index in [1.807, 2.05) is 30.1 Å². The van der Waals surface area contributed by atoms with Gasteiger partial charge in [0.1, 0.15) is 0 Å². The molecule has 0 spiro atoms. The van der Waals surface area contributed by atoms with Crippen molar-refractivity contribution in [3.05, 3.63) is 24.0 Å². The van der Waals surface area contributed by atoms with Crippen LogP contribution in [-0.2, 0) is 23.1 Å². The lowest BCUT2D eigenvalue weighted by atomic mass is 10.3. The number of hydrogen-bond acceptors (Lipinski definition) is 3. The molecule has 82 valence electrons. The second kappa shape index (κ2) is 4.35. The summed E-state index contributed by atoms with van der Waals surface area (Å²) >= 11 is 0. The van der Waals surface area contributed by atoms with Crippen LogP contribution in [0, 0.1) is 0 Å². The van der Waals surface area contributed by atoms with Gasteiger partial charge in [-0.15, -0.1) is 0 Å². The molecule has 0 aliphatic carbocycles. The van der Waals surface area contributed by atoms with E-state index in [0.29, 0.717) is 19.8 Å². The largest absolute Gasteiger partial charge is 0.441 e. The lowest BCUT2D eigenvalue weighted by molar-refractivity contribution is -0.0980. The molecule has 0 bridgehead atoms. The molecule has 0 atom stereocenters. The Balaban J connectivity index is 1.70. The minimum atomic E-state index is -0.382. The van der Waals surface area contributed by atoms with Crippen molar-refractivity contribution in [2.75, 3.05) is 13.2 Å². The van der Waals surface area contributed by atoms with E-state index in [-0.39, 0.29) is 12.2 Å². The fraction of sp³-hybridized carbons (Fsp3) is 0.500. The van der Waals surface area contributed by atoms with Gasteiger partial charge in [-0.2, -0.15) is 0 Å². The summed E-state index contributed by atoms with van der Waals surface area (Å²) in [6.07, 6.45) is 3.43. The minimum Gasteiger partial charge on any atom is -0.441 e. The number of hydrogen-bond donors (Lipinski definition) is 1. The zero-order valence-corrected chi connectivity index (χ0v) is 8.60. The standard InChI is InChI=1S/C10H14N2O3/c1-12-3-2-8(5-12)4-11-10(13)15-9-6-14-7-9/h2-3,5,9H,4,6-7H2,1H3,(H,11,13). The van der Waals surface area contributed by atoms with E-state index in [1.54, 1.807) is 0 Å². The average molecular weight is 210 g/mol. The van der Waals surface area contributed by atoms with Crippen LogP contribution in [0.15, 0.2) is 18.5 Å². The van der Waals surface area contributed by atoms with Crippen molar-refractivity contribution in [2.24, 2.45) is 7.05 Å². The lowest BCUT2D eigenvalue weighted by Gasteiger charge is -2.25. The number of carbonyl (C=O) groups is 1. The van der Waals surface area contributed by atoms with Crippen LogP contribution in [0.25, 0.3) is 0 Å². The van der Waals surface area contributed by atoms with Gasteiger partial charge in [0.15, 0.2) is 6.10 Å². The van der Waals surface area contributed by atoms with Crippen molar-refractivity contribution in [1.29, 1.82) is 0 Å². The Morgan fingerprint density at radius 1 is 1.73 bits per heavy atom. The maximum absolute atomic E-state index is 11.2. The number of rotatable bonds is 3. The van der Waals surface area contributed by atoms with Crippen LogP contribution >= 0.6 is 0 Å². The van der Waals surface area contributed by atoms with Gasteiger partial charge in [0, 0.05) is 26.0 Å². The van der Waals surface area contributed by atoms with Gasteiger partial charge in [-0.3, -0.25) is 0 Å². The maximum Gasteiger partial charge on any atom is 0.407 e. The predicted molar refractivity (Wildman–Crippen MR) is 53.3 cm³/mol. The summed E-state index contributed by atoms with van der Waals surface area (Å²) in [4.78, 5) is 11.2. The van der Waals surface area contributed by atoms with E-state index in [1.165, 1.54) is 0 Å². The first-order valence-electron chi connectivity index (χ1n) is 4.87. The van der Waals surface area contributed by atoms with Gasteiger partial charge in [0.25, 0.3) is 0 Å². The molecule has 2 rings (SSSR count). The first-order valence-corrected chi connectivity index (χ1v) is 4.87. The molecule has 0 unspecified atom stereocenters. The second-order valence-electron chi connectivity index (χ2n) is 3.60. The van der Waals surface area contributed by atoms with Gasteiger partial charge in [-0.1, -0.05) is 0 Å². The molecule has 1 amide bonds. The van der Waals surface area contributed by atoms with Crippen LogP contribution in [0.4, 0.5) is 4.79 Å². The monoisotopic (exact) mass is 210 g/mol.